The van der Waals surface area contributed by atoms with Crippen LogP contribution in [-0.2, 0) is 22.6 Å². The first kappa shape index (κ1) is 28.5. The Morgan fingerprint density at radius 1 is 1.12 bits per heavy atom. The van der Waals surface area contributed by atoms with Crippen LogP contribution in [-0.4, -0.2) is 100.0 Å². The number of carbonyl (C=O) groups is 3. The zero-order chi connectivity index (χ0) is 29.1. The average molecular weight is 554 g/mol. The normalized spacial score (nSPS) is 30.9. The molecule has 1 heterocycles. The second-order valence-electron chi connectivity index (χ2n) is 12.1. The third-order valence-corrected chi connectivity index (χ3v) is 9.37. The molecule has 3 aliphatic carbocycles. The van der Waals surface area contributed by atoms with Crippen molar-refractivity contribution in [2.45, 2.75) is 57.2 Å². The number of aliphatic hydroxyl groups is 3. The summed E-state index contributed by atoms with van der Waals surface area (Å²) in [6, 6.07) is 2.27. The molecule has 4 atom stereocenters. The largest absolute Gasteiger partial charge is 0.510 e. The van der Waals surface area contributed by atoms with Crippen LogP contribution in [0.5, 0.6) is 5.75 Å². The van der Waals surface area contributed by atoms with E-state index in [4.69, 9.17) is 0 Å². The fraction of sp³-hybridized carbons (Fsp3) is 0.567. The number of ketones is 3. The van der Waals surface area contributed by atoms with Crippen molar-refractivity contribution in [3.63, 3.8) is 0 Å². The first-order chi connectivity index (χ1) is 18.9. The summed E-state index contributed by atoms with van der Waals surface area (Å²) in [5.74, 6) is -4.95. The molecular formula is C30H39N3O7. The van der Waals surface area contributed by atoms with Crippen LogP contribution in [0.4, 0.5) is 0 Å². The molecule has 10 nitrogen and oxygen atoms in total. The van der Waals surface area contributed by atoms with Crippen LogP contribution >= 0.6 is 0 Å². The van der Waals surface area contributed by atoms with Gasteiger partial charge < -0.3 is 30.6 Å². The summed E-state index contributed by atoms with van der Waals surface area (Å²) in [5, 5.41) is 49.2. The number of likely N-dealkylation sites (N-methyl/N-ethyl adjacent to an activating group) is 1. The minimum atomic E-state index is -2.59. The van der Waals surface area contributed by atoms with Gasteiger partial charge in [-0.15, -0.1) is 0 Å². The van der Waals surface area contributed by atoms with Crippen LogP contribution in [0.15, 0.2) is 34.8 Å². The summed E-state index contributed by atoms with van der Waals surface area (Å²) < 4.78 is 0. The Balaban J connectivity index is 1.80. The van der Waals surface area contributed by atoms with E-state index in [0.29, 0.717) is 25.1 Å². The van der Waals surface area contributed by atoms with Gasteiger partial charge in [0.15, 0.2) is 17.2 Å². The first-order valence-corrected chi connectivity index (χ1v) is 14.0. The maximum atomic E-state index is 14.3. The average Bonchev–Trinajstić information content (AvgIpc) is 2.88. The summed E-state index contributed by atoms with van der Waals surface area (Å²) in [7, 11) is 5.14. The highest BCUT2D eigenvalue weighted by molar-refractivity contribution is 6.25. The predicted molar refractivity (Wildman–Crippen MR) is 147 cm³/mol. The molecule has 0 amide bonds. The van der Waals surface area contributed by atoms with Gasteiger partial charge in [0.1, 0.15) is 22.8 Å². The molecule has 0 bridgehead atoms. The van der Waals surface area contributed by atoms with E-state index in [0.717, 1.165) is 44.8 Å². The molecule has 1 aromatic carbocycles. The molecule has 1 fully saturated rings. The van der Waals surface area contributed by atoms with Crippen molar-refractivity contribution >= 4 is 17.3 Å². The molecule has 0 unspecified atom stereocenters. The number of aliphatic hydroxyl groups excluding tert-OH is 2. The summed E-state index contributed by atoms with van der Waals surface area (Å²) in [6.07, 6.45) is 3.49. The number of nitrogens with one attached hydrogen (secondary N) is 1. The van der Waals surface area contributed by atoms with Crippen LogP contribution < -0.4 is 5.32 Å². The standard InChI is InChI=1S/C30H39N3O7/c1-16(34)21-26(37)24(32(3)4)19-13-29(15-33-10-6-5-7-11-33)12-18-17(14-31-2)8-9-20(35)22(18)25(36)23(29)28(39)30(19,40)27(21)38/h8-9,19,24,31,35,37,39-40H,5-7,10-15H2,1-4H3/t19-,24-,29-,30+/m0/s1. The van der Waals surface area contributed by atoms with Crippen molar-refractivity contribution in [1.29, 1.82) is 0 Å². The van der Waals surface area contributed by atoms with E-state index in [2.05, 4.69) is 10.2 Å². The van der Waals surface area contributed by atoms with Crippen molar-refractivity contribution in [3.8, 4) is 5.75 Å². The number of hydrogen-bond donors (Lipinski definition) is 5. The Labute approximate surface area is 234 Å². The minimum absolute atomic E-state index is 0.0585. The third-order valence-electron chi connectivity index (χ3n) is 9.37. The number of Topliss-reactive ketones (excluding diaryl/α,β-unsaturated/α-hetero) is 3. The fourth-order valence-electron chi connectivity index (χ4n) is 7.70. The molecule has 10 heteroatoms. The number of aromatic hydroxyl groups is 1. The van der Waals surface area contributed by atoms with Crippen LogP contribution in [0.2, 0.25) is 0 Å². The molecule has 1 aromatic rings. The van der Waals surface area contributed by atoms with E-state index in [1.165, 1.54) is 6.07 Å². The van der Waals surface area contributed by atoms with Gasteiger partial charge in [0, 0.05) is 30.0 Å². The molecule has 0 spiro atoms. The maximum absolute atomic E-state index is 14.3. The molecule has 0 radical (unpaired) electrons. The Morgan fingerprint density at radius 3 is 2.40 bits per heavy atom. The van der Waals surface area contributed by atoms with Crippen molar-refractivity contribution in [2.75, 3.05) is 40.8 Å². The fourth-order valence-corrected chi connectivity index (χ4v) is 7.70. The van der Waals surface area contributed by atoms with Gasteiger partial charge in [0.2, 0.25) is 5.78 Å². The number of rotatable bonds is 6. The molecule has 0 aromatic heterocycles. The molecule has 4 aliphatic rings. The molecule has 216 valence electrons. The van der Waals surface area contributed by atoms with Gasteiger partial charge in [-0.05, 0) is 84.0 Å². The lowest BCUT2D eigenvalue weighted by Gasteiger charge is -2.55. The lowest BCUT2D eigenvalue weighted by Crippen LogP contribution is -2.66. The van der Waals surface area contributed by atoms with Crippen LogP contribution in [0.3, 0.4) is 0 Å². The lowest BCUT2D eigenvalue weighted by molar-refractivity contribution is -0.151. The summed E-state index contributed by atoms with van der Waals surface area (Å²) >= 11 is 0. The van der Waals surface area contributed by atoms with Crippen LogP contribution in [0, 0.1) is 11.3 Å². The van der Waals surface area contributed by atoms with Gasteiger partial charge in [0.25, 0.3) is 0 Å². The van der Waals surface area contributed by atoms with Gasteiger partial charge in [-0.25, -0.2) is 0 Å². The highest BCUT2D eigenvalue weighted by Crippen LogP contribution is 2.58. The minimum Gasteiger partial charge on any atom is -0.510 e. The summed E-state index contributed by atoms with van der Waals surface area (Å²) in [5.41, 5.74) is -2.69. The second kappa shape index (κ2) is 10.1. The maximum Gasteiger partial charge on any atom is 0.209 e. The molecular weight excluding hydrogens is 514 g/mol. The molecule has 1 aliphatic heterocycles. The Kier molecular flexibility index (Phi) is 7.19. The predicted octanol–water partition coefficient (Wildman–Crippen LogP) is 1.80. The van der Waals surface area contributed by atoms with E-state index < -0.39 is 57.4 Å². The van der Waals surface area contributed by atoms with Crippen LogP contribution in [0.25, 0.3) is 0 Å². The first-order valence-electron chi connectivity index (χ1n) is 14.0. The van der Waals surface area contributed by atoms with E-state index >= 15 is 0 Å². The zero-order valence-corrected chi connectivity index (χ0v) is 23.6. The number of phenols is 1. The van der Waals surface area contributed by atoms with E-state index in [1.807, 2.05) is 0 Å². The highest BCUT2D eigenvalue weighted by atomic mass is 16.3. The van der Waals surface area contributed by atoms with E-state index in [1.54, 1.807) is 32.1 Å². The number of fused-ring (bicyclic) bond motifs is 3. The Hall–Kier alpha value is -3.05. The zero-order valence-electron chi connectivity index (χ0n) is 23.6. The van der Waals surface area contributed by atoms with E-state index in [-0.39, 0.29) is 23.3 Å². The molecule has 40 heavy (non-hydrogen) atoms. The smallest absolute Gasteiger partial charge is 0.209 e. The lowest BCUT2D eigenvalue weighted by atomic mass is 9.52. The molecule has 5 N–H and O–H groups in total. The van der Waals surface area contributed by atoms with Gasteiger partial charge in [-0.1, -0.05) is 12.5 Å². The number of phenolic OH excluding ortho intramolecular Hbond substituents is 1. The topological polar surface area (TPSA) is 151 Å². The van der Waals surface area contributed by atoms with Crippen molar-refractivity contribution in [2.24, 2.45) is 11.3 Å². The SMILES string of the molecule is CNCc1ccc(O)c2c1C[C@@]1(CN3CCCCC3)C[C@H]3[C@H](N(C)C)C(O)=C(C(C)=O)C(=O)[C@@]3(O)C(O)=C1C2=O. The van der Waals surface area contributed by atoms with Gasteiger partial charge in [-0.2, -0.15) is 0 Å². The number of hydrogen-bond acceptors (Lipinski definition) is 10. The summed E-state index contributed by atoms with van der Waals surface area (Å²) in [6.45, 7) is 3.60. The van der Waals surface area contributed by atoms with Gasteiger partial charge in [0.05, 0.1) is 11.6 Å². The Morgan fingerprint density at radius 2 is 1.80 bits per heavy atom. The third kappa shape index (κ3) is 4.03. The van der Waals surface area contributed by atoms with Crippen molar-refractivity contribution in [1.82, 2.24) is 15.1 Å². The quantitative estimate of drug-likeness (QED) is 0.330. The molecule has 0 saturated carbocycles. The van der Waals surface area contributed by atoms with Crippen LogP contribution in [0.1, 0.15) is 54.1 Å². The monoisotopic (exact) mass is 553 g/mol. The Bertz CT molecular complexity index is 1340. The van der Waals surface area contributed by atoms with Crippen molar-refractivity contribution in [3.05, 3.63) is 51.5 Å². The summed E-state index contributed by atoms with van der Waals surface area (Å²) in [4.78, 5) is 44.5. The van der Waals surface area contributed by atoms with Crippen molar-refractivity contribution < 1.29 is 34.8 Å². The second-order valence-corrected chi connectivity index (χ2v) is 12.1. The number of likely N-dealkylation sites (tertiary alicyclic amines) is 1. The number of carbonyl (C=O) groups excluding carboxylic acids is 3. The number of benzene rings is 1. The van der Waals surface area contributed by atoms with Gasteiger partial charge >= 0.3 is 0 Å². The number of nitrogens with zero attached hydrogens (tertiary/aromatic N) is 2. The highest BCUT2D eigenvalue weighted by Gasteiger charge is 2.66. The van der Waals surface area contributed by atoms with E-state index in [9.17, 15) is 34.8 Å². The number of piperidine rings is 1. The van der Waals surface area contributed by atoms with Gasteiger partial charge in [-0.3, -0.25) is 19.3 Å². The molecule has 5 rings (SSSR count). The molecule has 1 saturated heterocycles.